The molecule has 0 spiro atoms. The van der Waals surface area contributed by atoms with Crippen LogP contribution in [0.15, 0.2) is 35.2 Å². The van der Waals surface area contributed by atoms with Crippen molar-refractivity contribution in [3.63, 3.8) is 0 Å². The summed E-state index contributed by atoms with van der Waals surface area (Å²) in [6, 6.07) is 10.4. The van der Waals surface area contributed by atoms with E-state index >= 15 is 0 Å². The topological polar surface area (TPSA) is 0 Å². The van der Waals surface area contributed by atoms with Crippen LogP contribution >= 0.6 is 11.9 Å². The lowest BCUT2D eigenvalue weighted by atomic mass is 10.4. The van der Waals surface area contributed by atoms with Crippen molar-refractivity contribution in [2.24, 2.45) is 0 Å². The smallest absolute Gasteiger partial charge is 0.111 e. The van der Waals surface area contributed by atoms with E-state index in [-0.39, 0.29) is 0 Å². The Morgan fingerprint density at radius 2 is 1.55 bits per heavy atom. The first-order valence-electron chi connectivity index (χ1n) is 3.64. The molecule has 11 heavy (non-hydrogen) atoms. The molecule has 0 heterocycles. The fraction of sp³-hybridized carbons (Fsp3) is 0.333. The number of hydrogen-bond acceptors (Lipinski definition) is 1. The molecule has 0 unspecified atom stereocenters. The predicted molar refractivity (Wildman–Crippen MR) is 50.3 cm³/mol. The van der Waals surface area contributed by atoms with Crippen molar-refractivity contribution in [2.45, 2.75) is 4.90 Å². The van der Waals surface area contributed by atoms with Gasteiger partial charge in [-0.15, -0.1) is 0 Å². The van der Waals surface area contributed by atoms with Gasteiger partial charge in [0.25, 0.3) is 0 Å². The van der Waals surface area contributed by atoms with Gasteiger partial charge in [-0.25, -0.2) is 0 Å². The highest BCUT2D eigenvalue weighted by molar-refractivity contribution is 7.93. The summed E-state index contributed by atoms with van der Waals surface area (Å²) in [7, 11) is 6.49. The number of nitrogens with zero attached hydrogens (tertiary/aromatic N) is 1. The van der Waals surface area contributed by atoms with E-state index in [0.29, 0.717) is 0 Å². The van der Waals surface area contributed by atoms with Gasteiger partial charge in [0.15, 0.2) is 0 Å². The van der Waals surface area contributed by atoms with E-state index in [1.165, 1.54) is 4.90 Å². The summed E-state index contributed by atoms with van der Waals surface area (Å²) in [5.41, 5.74) is 0. The van der Waals surface area contributed by atoms with Crippen molar-refractivity contribution in [2.75, 3.05) is 21.1 Å². The molecule has 1 aromatic rings. The van der Waals surface area contributed by atoms with E-state index in [1.54, 1.807) is 0 Å². The van der Waals surface area contributed by atoms with Crippen LogP contribution in [-0.2, 0) is 0 Å². The van der Waals surface area contributed by atoms with Crippen molar-refractivity contribution >= 4 is 11.9 Å². The highest BCUT2D eigenvalue weighted by Gasteiger charge is 2.09. The van der Waals surface area contributed by atoms with Crippen LogP contribution in [0, 0.1) is 0 Å². The second-order valence-electron chi connectivity index (χ2n) is 3.29. The minimum Gasteiger partial charge on any atom is -0.264 e. The van der Waals surface area contributed by atoms with Gasteiger partial charge in [-0.1, -0.05) is 18.2 Å². The molecule has 0 saturated carbocycles. The Hall–Kier alpha value is -0.470. The zero-order chi connectivity index (χ0) is 8.32. The van der Waals surface area contributed by atoms with Gasteiger partial charge in [-0.3, -0.25) is 3.89 Å². The van der Waals surface area contributed by atoms with Crippen molar-refractivity contribution in [3.05, 3.63) is 30.3 Å². The van der Waals surface area contributed by atoms with Gasteiger partial charge >= 0.3 is 0 Å². The molecule has 0 radical (unpaired) electrons. The fourth-order valence-corrected chi connectivity index (χ4v) is 1.71. The SMILES string of the molecule is C[N+](C)(C)Sc1ccccc1. The summed E-state index contributed by atoms with van der Waals surface area (Å²) in [6.07, 6.45) is 0. The van der Waals surface area contributed by atoms with Gasteiger partial charge in [-0.05, 0) is 12.1 Å². The lowest BCUT2D eigenvalue weighted by Gasteiger charge is -2.19. The number of rotatable bonds is 2. The van der Waals surface area contributed by atoms with E-state index in [0.717, 1.165) is 3.89 Å². The summed E-state index contributed by atoms with van der Waals surface area (Å²) < 4.78 is 0.907. The summed E-state index contributed by atoms with van der Waals surface area (Å²) in [5.74, 6) is 0. The van der Waals surface area contributed by atoms with Gasteiger partial charge in [0.2, 0.25) is 0 Å². The molecule has 0 bridgehead atoms. The van der Waals surface area contributed by atoms with Crippen molar-refractivity contribution in [1.29, 1.82) is 0 Å². The van der Waals surface area contributed by atoms with E-state index < -0.39 is 0 Å². The maximum absolute atomic E-state index is 2.16. The zero-order valence-corrected chi connectivity index (χ0v) is 8.06. The first-order chi connectivity index (χ1) is 5.08. The second kappa shape index (κ2) is 3.28. The number of benzene rings is 1. The number of quaternary nitrogens is 1. The lowest BCUT2D eigenvalue weighted by Crippen LogP contribution is -2.24. The Balaban J connectivity index is 2.66. The molecule has 1 nitrogen and oxygen atoms in total. The van der Waals surface area contributed by atoms with Gasteiger partial charge in [0.1, 0.15) is 11.9 Å². The average molecular weight is 168 g/mol. The van der Waals surface area contributed by atoms with Gasteiger partial charge in [-0.2, -0.15) is 0 Å². The fourth-order valence-electron chi connectivity index (χ4n) is 0.798. The van der Waals surface area contributed by atoms with Crippen LogP contribution < -0.4 is 0 Å². The Bertz CT molecular complexity index is 213. The molecule has 0 aromatic heterocycles. The maximum atomic E-state index is 2.16. The van der Waals surface area contributed by atoms with Crippen LogP contribution in [-0.4, -0.2) is 25.0 Å². The normalized spacial score (nSPS) is 11.5. The Morgan fingerprint density at radius 3 is 2.00 bits per heavy atom. The first-order valence-corrected chi connectivity index (χ1v) is 4.41. The molecule has 0 saturated heterocycles. The Morgan fingerprint density at radius 1 is 1.00 bits per heavy atom. The summed E-state index contributed by atoms with van der Waals surface area (Å²) in [5, 5.41) is 0. The molecule has 0 fully saturated rings. The van der Waals surface area contributed by atoms with E-state index in [4.69, 9.17) is 0 Å². The Kier molecular flexibility index (Phi) is 2.58. The van der Waals surface area contributed by atoms with Crippen LogP contribution in [0.4, 0.5) is 0 Å². The maximum Gasteiger partial charge on any atom is 0.111 e. The molecule has 0 aliphatic heterocycles. The number of hydrogen-bond donors (Lipinski definition) is 0. The molecular formula is C9H14NS+. The van der Waals surface area contributed by atoms with E-state index in [2.05, 4.69) is 45.4 Å². The standard InChI is InChI=1S/C9H14NS/c1-10(2,3)11-9-7-5-4-6-8-9/h4-8H,1-3H3/q+1. The summed E-state index contributed by atoms with van der Waals surface area (Å²) in [4.78, 5) is 1.32. The first kappa shape index (κ1) is 8.62. The molecule has 0 aliphatic carbocycles. The third-order valence-electron chi connectivity index (χ3n) is 1.12. The van der Waals surface area contributed by atoms with Crippen molar-refractivity contribution in [1.82, 2.24) is 0 Å². The molecule has 0 aliphatic rings. The second-order valence-corrected chi connectivity index (χ2v) is 5.04. The highest BCUT2D eigenvalue weighted by Crippen LogP contribution is 2.23. The molecule has 1 aromatic carbocycles. The van der Waals surface area contributed by atoms with Crippen molar-refractivity contribution in [3.8, 4) is 0 Å². The lowest BCUT2D eigenvalue weighted by molar-refractivity contribution is -0.726. The van der Waals surface area contributed by atoms with Gasteiger partial charge in [0.05, 0.1) is 26.0 Å². The molecule has 2 heteroatoms. The molecule has 0 atom stereocenters. The van der Waals surface area contributed by atoms with Crippen LogP contribution in [0.5, 0.6) is 0 Å². The van der Waals surface area contributed by atoms with Crippen molar-refractivity contribution < 1.29 is 3.89 Å². The zero-order valence-electron chi connectivity index (χ0n) is 7.24. The third-order valence-corrected chi connectivity index (χ3v) is 2.15. The minimum absolute atomic E-state index is 0.907. The van der Waals surface area contributed by atoms with Crippen LogP contribution in [0.2, 0.25) is 0 Å². The summed E-state index contributed by atoms with van der Waals surface area (Å²) >= 11 is 1.84. The monoisotopic (exact) mass is 168 g/mol. The van der Waals surface area contributed by atoms with Crippen LogP contribution in [0.3, 0.4) is 0 Å². The highest BCUT2D eigenvalue weighted by atomic mass is 32.2. The average Bonchev–Trinajstić information content (AvgIpc) is 1.85. The van der Waals surface area contributed by atoms with E-state index in [9.17, 15) is 0 Å². The predicted octanol–water partition coefficient (Wildman–Crippen LogP) is 2.40. The Labute approximate surface area is 72.8 Å². The molecule has 60 valence electrons. The third kappa shape index (κ3) is 3.44. The largest absolute Gasteiger partial charge is 0.264 e. The van der Waals surface area contributed by atoms with E-state index in [1.807, 2.05) is 18.0 Å². The van der Waals surface area contributed by atoms with Crippen LogP contribution in [0.25, 0.3) is 0 Å². The molecule has 0 amide bonds. The molecular weight excluding hydrogens is 154 g/mol. The summed E-state index contributed by atoms with van der Waals surface area (Å²) in [6.45, 7) is 0. The quantitative estimate of drug-likeness (QED) is 0.482. The molecule has 1 rings (SSSR count). The van der Waals surface area contributed by atoms with Gasteiger partial charge < -0.3 is 0 Å². The van der Waals surface area contributed by atoms with Crippen LogP contribution in [0.1, 0.15) is 0 Å². The molecule has 0 N–H and O–H groups in total. The van der Waals surface area contributed by atoms with Gasteiger partial charge in [0, 0.05) is 0 Å². The minimum atomic E-state index is 0.907.